The van der Waals surface area contributed by atoms with E-state index in [0.29, 0.717) is 19.4 Å². The first kappa shape index (κ1) is 14.3. The third-order valence-electron chi connectivity index (χ3n) is 4.43. The molecule has 4 heteroatoms. The normalized spacial score (nSPS) is 21.3. The summed E-state index contributed by atoms with van der Waals surface area (Å²) < 4.78 is 26.7. The predicted molar refractivity (Wildman–Crippen MR) is 71.7 cm³/mol. The summed E-state index contributed by atoms with van der Waals surface area (Å²) in [6.07, 6.45) is 0.590. The van der Waals surface area contributed by atoms with Crippen molar-refractivity contribution in [3.63, 3.8) is 0 Å². The van der Waals surface area contributed by atoms with Crippen LogP contribution in [0.3, 0.4) is 0 Å². The summed E-state index contributed by atoms with van der Waals surface area (Å²) in [5.74, 6) is -2.28. The van der Waals surface area contributed by atoms with Gasteiger partial charge in [-0.05, 0) is 43.4 Å². The zero-order chi connectivity index (χ0) is 14.3. The lowest BCUT2D eigenvalue weighted by atomic mass is 9.68. The first-order valence-corrected chi connectivity index (χ1v) is 6.68. The summed E-state index contributed by atoms with van der Waals surface area (Å²) in [6, 6.07) is 3.78. The van der Waals surface area contributed by atoms with Crippen molar-refractivity contribution in [2.45, 2.75) is 50.9 Å². The summed E-state index contributed by atoms with van der Waals surface area (Å²) in [4.78, 5) is 0. The second-order valence-corrected chi connectivity index (χ2v) is 5.80. The number of benzene rings is 1. The maximum Gasteiger partial charge on any atom is 0.248 e. The van der Waals surface area contributed by atoms with Gasteiger partial charge in [0.2, 0.25) is 5.92 Å². The molecular formula is C15H21F2NO. The van der Waals surface area contributed by atoms with Crippen LogP contribution in [-0.2, 0) is 5.41 Å². The fourth-order valence-electron chi connectivity index (χ4n) is 2.97. The number of phenols is 1. The van der Waals surface area contributed by atoms with Crippen LogP contribution in [-0.4, -0.2) is 17.6 Å². The highest BCUT2D eigenvalue weighted by Crippen LogP contribution is 2.45. The van der Waals surface area contributed by atoms with Crippen LogP contribution in [0, 0.1) is 13.8 Å². The first-order chi connectivity index (χ1) is 8.80. The van der Waals surface area contributed by atoms with Crippen LogP contribution in [0.4, 0.5) is 8.78 Å². The summed E-state index contributed by atoms with van der Waals surface area (Å²) in [6.45, 7) is 4.02. The van der Waals surface area contributed by atoms with E-state index in [9.17, 15) is 13.9 Å². The molecule has 2 rings (SSSR count). The molecule has 1 saturated carbocycles. The molecule has 0 saturated heterocycles. The third kappa shape index (κ3) is 2.59. The lowest BCUT2D eigenvalue weighted by Gasteiger charge is -2.40. The van der Waals surface area contributed by atoms with Crippen LogP contribution in [0.5, 0.6) is 5.75 Å². The number of alkyl halides is 2. The lowest BCUT2D eigenvalue weighted by Crippen LogP contribution is -2.42. The Morgan fingerprint density at radius 2 is 1.58 bits per heavy atom. The average Bonchev–Trinajstić information content (AvgIpc) is 2.36. The molecule has 0 aliphatic heterocycles. The molecule has 2 nitrogen and oxygen atoms in total. The van der Waals surface area contributed by atoms with E-state index in [1.54, 1.807) is 0 Å². The lowest BCUT2D eigenvalue weighted by molar-refractivity contribution is -0.0509. The molecule has 0 amide bonds. The van der Waals surface area contributed by atoms with Crippen molar-refractivity contribution in [1.29, 1.82) is 0 Å². The monoisotopic (exact) mass is 269 g/mol. The van der Waals surface area contributed by atoms with Crippen molar-refractivity contribution in [3.05, 3.63) is 28.8 Å². The average molecular weight is 269 g/mol. The van der Waals surface area contributed by atoms with Crippen LogP contribution in [0.1, 0.15) is 42.4 Å². The molecule has 0 bridgehead atoms. The second-order valence-electron chi connectivity index (χ2n) is 5.80. The van der Waals surface area contributed by atoms with E-state index in [0.717, 1.165) is 16.7 Å². The van der Waals surface area contributed by atoms with E-state index in [1.807, 2.05) is 26.0 Å². The molecular weight excluding hydrogens is 248 g/mol. The highest BCUT2D eigenvalue weighted by molar-refractivity contribution is 5.45. The highest BCUT2D eigenvalue weighted by Gasteiger charge is 2.43. The zero-order valence-electron chi connectivity index (χ0n) is 11.5. The Hall–Kier alpha value is -1.16. The summed E-state index contributed by atoms with van der Waals surface area (Å²) in [5.41, 5.74) is 8.06. The number of aryl methyl sites for hydroxylation is 2. The molecule has 3 N–H and O–H groups in total. The Kier molecular flexibility index (Phi) is 3.56. The van der Waals surface area contributed by atoms with Crippen molar-refractivity contribution in [3.8, 4) is 5.75 Å². The van der Waals surface area contributed by atoms with Crippen molar-refractivity contribution in [2.24, 2.45) is 5.73 Å². The van der Waals surface area contributed by atoms with Gasteiger partial charge in [0.25, 0.3) is 0 Å². The van der Waals surface area contributed by atoms with Crippen molar-refractivity contribution in [1.82, 2.24) is 0 Å². The highest BCUT2D eigenvalue weighted by atomic mass is 19.3. The molecule has 106 valence electrons. The van der Waals surface area contributed by atoms with Gasteiger partial charge in [-0.3, -0.25) is 0 Å². The number of rotatable bonds is 2. The Bertz CT molecular complexity index is 452. The molecule has 19 heavy (non-hydrogen) atoms. The van der Waals surface area contributed by atoms with Crippen LogP contribution < -0.4 is 5.73 Å². The minimum absolute atomic E-state index is 0.108. The Balaban J connectivity index is 2.38. The van der Waals surface area contributed by atoms with E-state index < -0.39 is 5.92 Å². The molecule has 0 spiro atoms. The maximum atomic E-state index is 13.3. The topological polar surface area (TPSA) is 46.2 Å². The van der Waals surface area contributed by atoms with E-state index in [1.165, 1.54) is 0 Å². The fraction of sp³-hybridized carbons (Fsp3) is 0.600. The van der Waals surface area contributed by atoms with E-state index >= 15 is 0 Å². The third-order valence-corrected chi connectivity index (χ3v) is 4.43. The summed E-state index contributed by atoms with van der Waals surface area (Å²) in [5, 5.41) is 9.82. The molecule has 1 aromatic carbocycles. The molecule has 1 aromatic rings. The van der Waals surface area contributed by atoms with E-state index in [4.69, 9.17) is 5.73 Å². The van der Waals surface area contributed by atoms with Crippen molar-refractivity contribution >= 4 is 0 Å². The molecule has 1 aliphatic carbocycles. The number of aromatic hydroxyl groups is 1. The molecule has 0 radical (unpaired) electrons. The Labute approximate surface area is 112 Å². The van der Waals surface area contributed by atoms with Gasteiger partial charge >= 0.3 is 0 Å². The van der Waals surface area contributed by atoms with Gasteiger partial charge in [0, 0.05) is 24.8 Å². The van der Waals surface area contributed by atoms with Crippen LogP contribution >= 0.6 is 0 Å². The fourth-order valence-corrected chi connectivity index (χ4v) is 2.97. The van der Waals surface area contributed by atoms with Gasteiger partial charge < -0.3 is 10.8 Å². The van der Waals surface area contributed by atoms with Gasteiger partial charge in [0.15, 0.2) is 0 Å². The SMILES string of the molecule is Cc1cc(C2(CN)CCC(F)(F)CC2)cc(C)c1O. The number of hydrogen-bond donors (Lipinski definition) is 2. The largest absolute Gasteiger partial charge is 0.507 e. The molecule has 0 aromatic heterocycles. The van der Waals surface area contributed by atoms with Gasteiger partial charge in [0.05, 0.1) is 0 Å². The summed E-state index contributed by atoms with van der Waals surface area (Å²) in [7, 11) is 0. The molecule has 1 fully saturated rings. The van der Waals surface area contributed by atoms with Crippen molar-refractivity contribution < 1.29 is 13.9 Å². The number of halogens is 2. The quantitative estimate of drug-likeness (QED) is 0.864. The number of phenolic OH excluding ortho intramolecular Hbond substituents is 1. The van der Waals surface area contributed by atoms with Gasteiger partial charge in [-0.2, -0.15) is 0 Å². The maximum absolute atomic E-state index is 13.3. The molecule has 0 heterocycles. The predicted octanol–water partition coefficient (Wildman–Crippen LogP) is 3.41. The molecule has 0 unspecified atom stereocenters. The molecule has 1 aliphatic rings. The van der Waals surface area contributed by atoms with Crippen molar-refractivity contribution in [2.75, 3.05) is 6.54 Å². The number of nitrogens with two attached hydrogens (primary N) is 1. The zero-order valence-corrected chi connectivity index (χ0v) is 11.5. The van der Waals surface area contributed by atoms with Gasteiger partial charge in [-0.15, -0.1) is 0 Å². The van der Waals surface area contributed by atoms with Crippen LogP contribution in [0.2, 0.25) is 0 Å². The van der Waals surface area contributed by atoms with Gasteiger partial charge in [0.1, 0.15) is 5.75 Å². The number of hydrogen-bond acceptors (Lipinski definition) is 2. The summed E-state index contributed by atoms with van der Waals surface area (Å²) >= 11 is 0. The Morgan fingerprint density at radius 3 is 2.00 bits per heavy atom. The minimum atomic E-state index is -2.56. The smallest absolute Gasteiger partial charge is 0.248 e. The van der Waals surface area contributed by atoms with Crippen LogP contribution in [0.25, 0.3) is 0 Å². The van der Waals surface area contributed by atoms with Gasteiger partial charge in [-0.1, -0.05) is 12.1 Å². The van der Waals surface area contributed by atoms with E-state index in [2.05, 4.69) is 0 Å². The Morgan fingerprint density at radius 1 is 1.11 bits per heavy atom. The first-order valence-electron chi connectivity index (χ1n) is 6.68. The standard InChI is InChI=1S/C15H21F2NO/c1-10-7-12(8-11(2)13(10)19)14(9-18)3-5-15(16,17)6-4-14/h7-8,19H,3-6,9,18H2,1-2H3. The molecule has 0 atom stereocenters. The second kappa shape index (κ2) is 4.75. The minimum Gasteiger partial charge on any atom is -0.507 e. The van der Waals surface area contributed by atoms with Gasteiger partial charge in [-0.25, -0.2) is 8.78 Å². The van der Waals surface area contributed by atoms with Crippen LogP contribution in [0.15, 0.2) is 12.1 Å². The van der Waals surface area contributed by atoms with E-state index in [-0.39, 0.29) is 24.0 Å².